The zero-order chi connectivity index (χ0) is 21.7. The van der Waals surface area contributed by atoms with Crippen molar-refractivity contribution in [3.05, 3.63) is 68.8 Å². The summed E-state index contributed by atoms with van der Waals surface area (Å²) in [7, 11) is 0. The molecule has 0 spiro atoms. The van der Waals surface area contributed by atoms with E-state index in [4.69, 9.17) is 16.3 Å². The molecule has 154 valence electrons. The van der Waals surface area contributed by atoms with Crippen LogP contribution in [0.5, 0.6) is 0 Å². The van der Waals surface area contributed by atoms with Crippen molar-refractivity contribution in [2.45, 2.75) is 19.4 Å². The third kappa shape index (κ3) is 5.37. The summed E-state index contributed by atoms with van der Waals surface area (Å²) in [6, 6.07) is 9.09. The highest BCUT2D eigenvalue weighted by molar-refractivity contribution is 7.13. The third-order valence-corrected chi connectivity index (χ3v) is 5.09. The Kier molecular flexibility index (Phi) is 6.70. The standard InChI is InChI=1S/C19H15ClN4O5S/c1-11(18(26)23-15-6-5-13(24(27)28)9-14(15)20)29-17(25)8-12-10-30-19(22-12)16-4-2-3-7-21-16/h2-7,9-11H,8H2,1H3,(H,23,26). The molecule has 30 heavy (non-hydrogen) atoms. The molecule has 0 fully saturated rings. The number of pyridine rings is 1. The highest BCUT2D eigenvalue weighted by atomic mass is 35.5. The number of nitro groups is 1. The maximum absolute atomic E-state index is 12.3. The van der Waals surface area contributed by atoms with Crippen LogP contribution in [0, 0.1) is 10.1 Å². The fourth-order valence-corrected chi connectivity index (χ4v) is 3.41. The fraction of sp³-hybridized carbons (Fsp3) is 0.158. The molecule has 9 nitrogen and oxygen atoms in total. The van der Waals surface area contributed by atoms with Crippen molar-refractivity contribution in [1.82, 2.24) is 9.97 Å². The molecule has 0 aliphatic heterocycles. The lowest BCUT2D eigenvalue weighted by atomic mass is 10.2. The van der Waals surface area contributed by atoms with Crippen LogP contribution in [0.1, 0.15) is 12.6 Å². The number of aromatic nitrogens is 2. The molecule has 0 aliphatic rings. The molecule has 1 unspecified atom stereocenters. The summed E-state index contributed by atoms with van der Waals surface area (Å²) in [6.07, 6.45) is 0.458. The number of nitrogens with zero attached hydrogens (tertiary/aromatic N) is 3. The van der Waals surface area contributed by atoms with E-state index in [2.05, 4.69) is 15.3 Å². The molecule has 0 saturated carbocycles. The second kappa shape index (κ2) is 9.42. The van der Waals surface area contributed by atoms with Crippen LogP contribution in [0.25, 0.3) is 10.7 Å². The highest BCUT2D eigenvalue weighted by Gasteiger charge is 2.20. The van der Waals surface area contributed by atoms with Gasteiger partial charge in [0.25, 0.3) is 11.6 Å². The van der Waals surface area contributed by atoms with Crippen LogP contribution in [0.2, 0.25) is 5.02 Å². The molecule has 0 radical (unpaired) electrons. The quantitative estimate of drug-likeness (QED) is 0.331. The molecule has 11 heteroatoms. The number of hydrogen-bond acceptors (Lipinski definition) is 8. The van der Waals surface area contributed by atoms with Gasteiger partial charge in [-0.05, 0) is 25.1 Å². The highest BCUT2D eigenvalue weighted by Crippen LogP contribution is 2.27. The van der Waals surface area contributed by atoms with Crippen LogP contribution in [-0.2, 0) is 20.7 Å². The minimum absolute atomic E-state index is 0.000556. The first-order valence-corrected chi connectivity index (χ1v) is 9.89. The molecule has 3 rings (SSSR count). The van der Waals surface area contributed by atoms with Gasteiger partial charge in [-0.3, -0.25) is 24.7 Å². The lowest BCUT2D eigenvalue weighted by molar-refractivity contribution is -0.384. The number of rotatable bonds is 7. The molecule has 1 N–H and O–H groups in total. The minimum Gasteiger partial charge on any atom is -0.452 e. The smallest absolute Gasteiger partial charge is 0.312 e. The summed E-state index contributed by atoms with van der Waals surface area (Å²) in [6.45, 7) is 1.41. The van der Waals surface area contributed by atoms with Crippen LogP contribution in [0.15, 0.2) is 48.0 Å². The number of non-ortho nitro benzene ring substituents is 1. The summed E-state index contributed by atoms with van der Waals surface area (Å²) >= 11 is 7.30. The Labute approximate surface area is 179 Å². The molecule has 0 aliphatic carbocycles. The van der Waals surface area contributed by atoms with Gasteiger partial charge in [0.05, 0.1) is 33.4 Å². The Morgan fingerprint density at radius 3 is 2.80 bits per heavy atom. The number of benzene rings is 1. The van der Waals surface area contributed by atoms with Gasteiger partial charge in [0.15, 0.2) is 6.10 Å². The minimum atomic E-state index is -1.10. The van der Waals surface area contributed by atoms with Gasteiger partial charge < -0.3 is 10.1 Å². The average molecular weight is 447 g/mol. The molecule has 2 aromatic heterocycles. The number of carbonyl (C=O) groups is 2. The van der Waals surface area contributed by atoms with Crippen molar-refractivity contribution in [3.8, 4) is 10.7 Å². The number of anilines is 1. The Bertz CT molecular complexity index is 1090. The van der Waals surface area contributed by atoms with Gasteiger partial charge in [0, 0.05) is 23.7 Å². The zero-order valence-corrected chi connectivity index (χ0v) is 17.1. The van der Waals surface area contributed by atoms with Gasteiger partial charge in [0.1, 0.15) is 5.01 Å². The first-order chi connectivity index (χ1) is 14.3. The fourth-order valence-electron chi connectivity index (χ4n) is 2.39. The number of halogens is 1. The molecular weight excluding hydrogens is 432 g/mol. The third-order valence-electron chi connectivity index (χ3n) is 3.86. The Hall–Kier alpha value is -3.37. The van der Waals surface area contributed by atoms with Gasteiger partial charge in [-0.2, -0.15) is 0 Å². The van der Waals surface area contributed by atoms with E-state index in [1.54, 1.807) is 17.6 Å². The Balaban J connectivity index is 1.56. The van der Waals surface area contributed by atoms with E-state index in [1.165, 1.54) is 30.4 Å². The maximum atomic E-state index is 12.3. The van der Waals surface area contributed by atoms with E-state index in [1.807, 2.05) is 12.1 Å². The van der Waals surface area contributed by atoms with Gasteiger partial charge in [-0.15, -0.1) is 11.3 Å². The van der Waals surface area contributed by atoms with Crippen molar-refractivity contribution in [1.29, 1.82) is 0 Å². The van der Waals surface area contributed by atoms with E-state index in [9.17, 15) is 19.7 Å². The van der Waals surface area contributed by atoms with E-state index in [0.717, 1.165) is 6.07 Å². The van der Waals surface area contributed by atoms with E-state index >= 15 is 0 Å². The van der Waals surface area contributed by atoms with Crippen molar-refractivity contribution < 1.29 is 19.2 Å². The number of nitro benzene ring substituents is 1. The average Bonchev–Trinajstić information content (AvgIpc) is 3.18. The predicted molar refractivity (Wildman–Crippen MR) is 111 cm³/mol. The largest absolute Gasteiger partial charge is 0.452 e. The van der Waals surface area contributed by atoms with Crippen molar-refractivity contribution >= 4 is 46.2 Å². The monoisotopic (exact) mass is 446 g/mol. The molecular formula is C19H15ClN4O5S. The number of hydrogen-bond donors (Lipinski definition) is 1. The van der Waals surface area contributed by atoms with Gasteiger partial charge in [-0.25, -0.2) is 4.98 Å². The van der Waals surface area contributed by atoms with Crippen molar-refractivity contribution in [2.75, 3.05) is 5.32 Å². The summed E-state index contributed by atoms with van der Waals surface area (Å²) in [5, 5.41) is 15.6. The predicted octanol–water partition coefficient (Wildman–Crippen LogP) is 3.88. The summed E-state index contributed by atoms with van der Waals surface area (Å²) in [4.78, 5) is 43.1. The first kappa shape index (κ1) is 21.3. The first-order valence-electron chi connectivity index (χ1n) is 8.63. The van der Waals surface area contributed by atoms with E-state index in [0.29, 0.717) is 16.4 Å². The summed E-state index contributed by atoms with van der Waals surface area (Å²) in [5.74, 6) is -1.24. The lowest BCUT2D eigenvalue weighted by Gasteiger charge is -2.14. The van der Waals surface area contributed by atoms with Crippen LogP contribution in [0.3, 0.4) is 0 Å². The normalized spacial score (nSPS) is 11.5. The molecule has 1 amide bonds. The molecule has 1 aromatic carbocycles. The SMILES string of the molecule is CC(OC(=O)Cc1csc(-c2ccccn2)n1)C(=O)Nc1ccc([N+](=O)[O-])cc1Cl. The van der Waals surface area contributed by atoms with E-state index in [-0.39, 0.29) is 22.8 Å². The summed E-state index contributed by atoms with van der Waals surface area (Å²) in [5.41, 5.74) is 1.19. The topological polar surface area (TPSA) is 124 Å². The summed E-state index contributed by atoms with van der Waals surface area (Å²) < 4.78 is 5.15. The second-order valence-electron chi connectivity index (χ2n) is 6.08. The van der Waals surface area contributed by atoms with Crippen LogP contribution >= 0.6 is 22.9 Å². The number of esters is 1. The van der Waals surface area contributed by atoms with Gasteiger partial charge >= 0.3 is 5.97 Å². The van der Waals surface area contributed by atoms with Crippen molar-refractivity contribution in [3.63, 3.8) is 0 Å². The Morgan fingerprint density at radius 1 is 1.33 bits per heavy atom. The number of ether oxygens (including phenoxy) is 1. The number of thiazole rings is 1. The molecule has 0 saturated heterocycles. The van der Waals surface area contributed by atoms with Crippen LogP contribution in [-0.4, -0.2) is 32.9 Å². The molecule has 3 aromatic rings. The number of carbonyl (C=O) groups excluding carboxylic acids is 2. The maximum Gasteiger partial charge on any atom is 0.312 e. The van der Waals surface area contributed by atoms with Crippen molar-refractivity contribution in [2.24, 2.45) is 0 Å². The van der Waals surface area contributed by atoms with Crippen LogP contribution in [0.4, 0.5) is 11.4 Å². The van der Waals surface area contributed by atoms with Crippen LogP contribution < -0.4 is 5.32 Å². The molecule has 2 heterocycles. The number of nitrogens with one attached hydrogen (secondary N) is 1. The lowest BCUT2D eigenvalue weighted by Crippen LogP contribution is -2.30. The zero-order valence-electron chi connectivity index (χ0n) is 15.6. The van der Waals surface area contributed by atoms with E-state index < -0.39 is 22.9 Å². The molecule has 1 atom stereocenters. The Morgan fingerprint density at radius 2 is 2.13 bits per heavy atom. The molecule has 0 bridgehead atoms. The number of amides is 1. The van der Waals surface area contributed by atoms with Gasteiger partial charge in [0.2, 0.25) is 0 Å². The second-order valence-corrected chi connectivity index (χ2v) is 7.34. The van der Waals surface area contributed by atoms with Gasteiger partial charge in [-0.1, -0.05) is 17.7 Å².